The van der Waals surface area contributed by atoms with E-state index < -0.39 is 0 Å². The molecule has 122 valence electrons. The van der Waals surface area contributed by atoms with Gasteiger partial charge in [-0.25, -0.2) is 0 Å². The van der Waals surface area contributed by atoms with Crippen LogP contribution in [-0.2, 0) is 9.59 Å². The van der Waals surface area contributed by atoms with Gasteiger partial charge in [0.2, 0.25) is 11.8 Å². The molecule has 0 aromatic heterocycles. The molecule has 1 aromatic rings. The first-order valence-corrected chi connectivity index (χ1v) is 10.0. The minimum Gasteiger partial charge on any atom is -0.340 e. The van der Waals surface area contributed by atoms with Crippen molar-refractivity contribution in [3.05, 3.63) is 35.9 Å². The number of thioether (sulfide) groups is 2. The minimum atomic E-state index is -0.0558. The van der Waals surface area contributed by atoms with Gasteiger partial charge >= 0.3 is 0 Å². The van der Waals surface area contributed by atoms with Crippen LogP contribution in [0, 0.1) is 0 Å². The molecular formula is C16H18N2O2S3. The molecule has 4 nitrogen and oxygen atoms in total. The van der Waals surface area contributed by atoms with Crippen LogP contribution in [0.5, 0.6) is 0 Å². The summed E-state index contributed by atoms with van der Waals surface area (Å²) in [4.78, 5) is 27.6. The Morgan fingerprint density at radius 2 is 2.04 bits per heavy atom. The Balaban J connectivity index is 1.58. The highest BCUT2D eigenvalue weighted by molar-refractivity contribution is 8.23. The van der Waals surface area contributed by atoms with E-state index in [9.17, 15) is 9.59 Å². The largest absolute Gasteiger partial charge is 0.340 e. The summed E-state index contributed by atoms with van der Waals surface area (Å²) >= 11 is 8.37. The van der Waals surface area contributed by atoms with Crippen molar-refractivity contribution in [2.45, 2.75) is 11.7 Å². The van der Waals surface area contributed by atoms with E-state index in [-0.39, 0.29) is 18.4 Å². The summed E-state index contributed by atoms with van der Waals surface area (Å²) in [5, 5.41) is 0.430. The van der Waals surface area contributed by atoms with Crippen molar-refractivity contribution in [1.29, 1.82) is 0 Å². The summed E-state index contributed by atoms with van der Waals surface area (Å²) in [7, 11) is 0. The van der Waals surface area contributed by atoms with Gasteiger partial charge in [0.15, 0.2) is 0 Å². The van der Waals surface area contributed by atoms with Crippen molar-refractivity contribution in [3.63, 3.8) is 0 Å². The summed E-state index contributed by atoms with van der Waals surface area (Å²) in [5.41, 5.74) is 1.32. The van der Waals surface area contributed by atoms with Crippen molar-refractivity contribution >= 4 is 51.9 Å². The number of rotatable bonds is 3. The SMILES string of the molecule is O=C(CN1C(=O)CSC1=S)N1CCSC(c2ccccc2)CC1. The molecule has 2 aliphatic rings. The van der Waals surface area contributed by atoms with Gasteiger partial charge in [-0.05, 0) is 12.0 Å². The second-order valence-corrected chi connectivity index (χ2v) is 8.39. The van der Waals surface area contributed by atoms with Gasteiger partial charge in [-0.15, -0.1) is 0 Å². The predicted molar refractivity (Wildman–Crippen MR) is 99.6 cm³/mol. The number of hydrogen-bond acceptors (Lipinski definition) is 5. The number of thiocarbonyl (C=S) groups is 1. The standard InChI is InChI=1S/C16H18N2O2S3/c19-14(10-18-15(20)11-23-16(18)21)17-7-6-13(22-9-8-17)12-4-2-1-3-5-12/h1-5,13H,6-11H2. The first-order valence-electron chi connectivity index (χ1n) is 7.56. The fraction of sp³-hybridized carbons (Fsp3) is 0.438. The molecule has 0 spiro atoms. The van der Waals surface area contributed by atoms with Crippen LogP contribution in [0.2, 0.25) is 0 Å². The first kappa shape index (κ1) is 16.8. The molecule has 0 radical (unpaired) electrons. The lowest BCUT2D eigenvalue weighted by atomic mass is 10.1. The average Bonchev–Trinajstić information content (AvgIpc) is 2.79. The van der Waals surface area contributed by atoms with E-state index in [0.717, 1.165) is 25.3 Å². The lowest BCUT2D eigenvalue weighted by Crippen LogP contribution is -2.43. The molecule has 0 N–H and O–H groups in total. The number of carbonyl (C=O) groups is 2. The Kier molecular flexibility index (Phi) is 5.61. The normalized spacial score (nSPS) is 22.3. The molecule has 2 heterocycles. The third-order valence-corrected chi connectivity index (χ3v) is 6.76. The monoisotopic (exact) mass is 366 g/mol. The van der Waals surface area contributed by atoms with E-state index in [1.165, 1.54) is 22.2 Å². The van der Waals surface area contributed by atoms with Gasteiger partial charge in [-0.2, -0.15) is 11.8 Å². The fourth-order valence-corrected chi connectivity index (χ4v) is 5.02. The molecule has 2 saturated heterocycles. The van der Waals surface area contributed by atoms with E-state index in [4.69, 9.17) is 12.2 Å². The summed E-state index contributed by atoms with van der Waals surface area (Å²) in [5.74, 6) is 1.22. The van der Waals surface area contributed by atoms with Gasteiger partial charge in [0.05, 0.1) is 5.75 Å². The Morgan fingerprint density at radius 3 is 2.74 bits per heavy atom. The van der Waals surface area contributed by atoms with Crippen molar-refractivity contribution in [2.24, 2.45) is 0 Å². The van der Waals surface area contributed by atoms with Crippen LogP contribution < -0.4 is 0 Å². The van der Waals surface area contributed by atoms with Crippen LogP contribution in [0.1, 0.15) is 17.2 Å². The quantitative estimate of drug-likeness (QED) is 0.769. The minimum absolute atomic E-state index is 0.00230. The molecule has 0 saturated carbocycles. The third-order valence-electron chi connectivity index (χ3n) is 4.00. The highest BCUT2D eigenvalue weighted by Crippen LogP contribution is 2.34. The zero-order chi connectivity index (χ0) is 16.2. The lowest BCUT2D eigenvalue weighted by Gasteiger charge is -2.23. The smallest absolute Gasteiger partial charge is 0.242 e. The second-order valence-electron chi connectivity index (χ2n) is 5.47. The van der Waals surface area contributed by atoms with Crippen molar-refractivity contribution in [2.75, 3.05) is 31.1 Å². The molecule has 0 aliphatic carbocycles. The highest BCUT2D eigenvalue weighted by atomic mass is 32.2. The van der Waals surface area contributed by atoms with Gasteiger partial charge in [0.1, 0.15) is 10.9 Å². The number of hydrogen-bond donors (Lipinski definition) is 0. The van der Waals surface area contributed by atoms with E-state index in [1.807, 2.05) is 22.7 Å². The maximum absolute atomic E-state index is 12.5. The Hall–Kier alpha value is -1.05. The molecule has 0 bridgehead atoms. The molecule has 1 atom stereocenters. The van der Waals surface area contributed by atoms with Crippen LogP contribution in [-0.4, -0.2) is 57.1 Å². The molecular weight excluding hydrogens is 348 g/mol. The van der Waals surface area contributed by atoms with E-state index in [0.29, 0.717) is 15.3 Å². The predicted octanol–water partition coefficient (Wildman–Crippen LogP) is 2.55. The van der Waals surface area contributed by atoms with Gasteiger partial charge in [0.25, 0.3) is 0 Å². The second kappa shape index (κ2) is 7.68. The molecule has 7 heteroatoms. The molecule has 1 unspecified atom stereocenters. The lowest BCUT2D eigenvalue weighted by molar-refractivity contribution is -0.135. The summed E-state index contributed by atoms with van der Waals surface area (Å²) < 4.78 is 0.523. The molecule has 3 rings (SSSR count). The Bertz CT molecular complexity index is 593. The summed E-state index contributed by atoms with van der Waals surface area (Å²) in [6, 6.07) is 10.4. The van der Waals surface area contributed by atoms with Gasteiger partial charge in [0, 0.05) is 24.1 Å². The van der Waals surface area contributed by atoms with E-state index >= 15 is 0 Å². The first-order chi connectivity index (χ1) is 11.1. The number of amides is 2. The molecule has 2 aliphatic heterocycles. The van der Waals surface area contributed by atoms with Crippen molar-refractivity contribution < 1.29 is 9.59 Å². The zero-order valence-corrected chi connectivity index (χ0v) is 15.1. The van der Waals surface area contributed by atoms with Crippen LogP contribution >= 0.6 is 35.7 Å². The number of benzene rings is 1. The van der Waals surface area contributed by atoms with E-state index in [1.54, 1.807) is 0 Å². The van der Waals surface area contributed by atoms with Crippen molar-refractivity contribution in [1.82, 2.24) is 9.80 Å². The number of carbonyl (C=O) groups excluding carboxylic acids is 2. The van der Waals surface area contributed by atoms with E-state index in [2.05, 4.69) is 24.3 Å². The maximum atomic E-state index is 12.5. The topological polar surface area (TPSA) is 40.6 Å². The van der Waals surface area contributed by atoms with Crippen molar-refractivity contribution in [3.8, 4) is 0 Å². The third kappa shape index (κ3) is 4.08. The van der Waals surface area contributed by atoms with Gasteiger partial charge in [-0.1, -0.05) is 54.3 Å². The zero-order valence-electron chi connectivity index (χ0n) is 12.6. The molecule has 2 fully saturated rings. The van der Waals surface area contributed by atoms with Crippen LogP contribution in [0.15, 0.2) is 30.3 Å². The number of nitrogens with zero attached hydrogens (tertiary/aromatic N) is 2. The summed E-state index contributed by atoms with van der Waals surface area (Å²) in [6.45, 7) is 1.55. The Labute approximate surface area is 150 Å². The fourth-order valence-electron chi connectivity index (χ4n) is 2.72. The van der Waals surface area contributed by atoms with Crippen LogP contribution in [0.25, 0.3) is 0 Å². The van der Waals surface area contributed by atoms with Crippen LogP contribution in [0.3, 0.4) is 0 Å². The average molecular weight is 367 g/mol. The molecule has 1 aromatic carbocycles. The Morgan fingerprint density at radius 1 is 1.26 bits per heavy atom. The molecule has 2 amide bonds. The van der Waals surface area contributed by atoms with Crippen LogP contribution in [0.4, 0.5) is 0 Å². The van der Waals surface area contributed by atoms with Gasteiger partial charge < -0.3 is 4.90 Å². The highest BCUT2D eigenvalue weighted by Gasteiger charge is 2.30. The molecule has 23 heavy (non-hydrogen) atoms. The summed E-state index contributed by atoms with van der Waals surface area (Å²) in [6.07, 6.45) is 0.938. The maximum Gasteiger partial charge on any atom is 0.242 e. The van der Waals surface area contributed by atoms with Gasteiger partial charge in [-0.3, -0.25) is 14.5 Å².